The van der Waals surface area contributed by atoms with E-state index in [1.807, 2.05) is 19.1 Å². The number of benzene rings is 1. The van der Waals surface area contributed by atoms with Crippen LogP contribution in [0.25, 0.3) is 0 Å². The van der Waals surface area contributed by atoms with Crippen molar-refractivity contribution in [1.82, 2.24) is 10.6 Å². The molecule has 3 aromatic rings. The standard InChI is InChI=1S/C26H29N3O4S/c1-18-11-13-20(14-12-18)29(23(30)17-27-25(31)22-10-6-16-34-22)24(21-9-5-15-33-21)26(32)28-19-7-3-2-4-8-19/h5-6,9-16,19,24H,2-4,7-8,17H2,1H3,(H,27,31)(H,28,32)/t24-/m0/s1. The van der Waals surface area contributed by atoms with Crippen LogP contribution in [0.1, 0.15) is 59.1 Å². The maximum atomic E-state index is 13.6. The van der Waals surface area contributed by atoms with E-state index >= 15 is 0 Å². The van der Waals surface area contributed by atoms with Gasteiger partial charge in [-0.05, 0) is 55.5 Å². The number of carbonyl (C=O) groups excluding carboxylic acids is 3. The highest BCUT2D eigenvalue weighted by atomic mass is 32.1. The number of hydrogen-bond donors (Lipinski definition) is 2. The van der Waals surface area contributed by atoms with Crippen LogP contribution in [0, 0.1) is 6.92 Å². The number of carbonyl (C=O) groups is 3. The summed E-state index contributed by atoms with van der Waals surface area (Å²) in [5.74, 6) is -0.658. The van der Waals surface area contributed by atoms with Crippen LogP contribution in [0.15, 0.2) is 64.6 Å². The van der Waals surface area contributed by atoms with E-state index in [1.165, 1.54) is 28.9 Å². The minimum absolute atomic E-state index is 0.0761. The Labute approximate surface area is 203 Å². The van der Waals surface area contributed by atoms with Gasteiger partial charge >= 0.3 is 0 Å². The number of aryl methyl sites for hydroxylation is 1. The minimum Gasteiger partial charge on any atom is -0.467 e. The molecule has 2 N–H and O–H groups in total. The Kier molecular flexibility index (Phi) is 7.80. The second-order valence-electron chi connectivity index (χ2n) is 8.52. The lowest BCUT2D eigenvalue weighted by molar-refractivity contribution is -0.127. The number of thiophene rings is 1. The molecule has 2 aromatic heterocycles. The quantitative estimate of drug-likeness (QED) is 0.494. The van der Waals surface area contributed by atoms with Crippen LogP contribution < -0.4 is 15.5 Å². The Morgan fingerprint density at radius 3 is 2.47 bits per heavy atom. The Morgan fingerprint density at radius 1 is 1.06 bits per heavy atom. The number of furan rings is 1. The fourth-order valence-corrected chi connectivity index (χ4v) is 4.87. The summed E-state index contributed by atoms with van der Waals surface area (Å²) < 4.78 is 5.63. The third-order valence-corrected chi connectivity index (χ3v) is 6.87. The monoisotopic (exact) mass is 479 g/mol. The van der Waals surface area contributed by atoms with Gasteiger partial charge < -0.3 is 15.1 Å². The van der Waals surface area contributed by atoms with Crippen molar-refractivity contribution >= 4 is 34.7 Å². The van der Waals surface area contributed by atoms with Gasteiger partial charge in [0.2, 0.25) is 5.91 Å². The van der Waals surface area contributed by atoms with Crippen LogP contribution in [-0.4, -0.2) is 30.3 Å². The fraction of sp³-hybridized carbons (Fsp3) is 0.346. The number of anilines is 1. The lowest BCUT2D eigenvalue weighted by Gasteiger charge is -2.32. The van der Waals surface area contributed by atoms with Gasteiger partial charge in [0.15, 0.2) is 6.04 Å². The molecule has 1 aliphatic carbocycles. The number of nitrogens with one attached hydrogen (secondary N) is 2. The maximum Gasteiger partial charge on any atom is 0.261 e. The van der Waals surface area contributed by atoms with E-state index in [0.717, 1.165) is 31.2 Å². The van der Waals surface area contributed by atoms with Crippen molar-refractivity contribution in [2.75, 3.05) is 11.4 Å². The van der Waals surface area contributed by atoms with E-state index in [4.69, 9.17) is 4.42 Å². The van der Waals surface area contributed by atoms with Gasteiger partial charge in [-0.2, -0.15) is 0 Å². The predicted octanol–water partition coefficient (Wildman–Crippen LogP) is 4.60. The van der Waals surface area contributed by atoms with Crippen molar-refractivity contribution < 1.29 is 18.8 Å². The third kappa shape index (κ3) is 5.75. The summed E-state index contributed by atoms with van der Waals surface area (Å²) in [5, 5.41) is 7.62. The second-order valence-corrected chi connectivity index (χ2v) is 9.47. The predicted molar refractivity (Wildman–Crippen MR) is 132 cm³/mol. The maximum absolute atomic E-state index is 13.6. The molecule has 1 fully saturated rings. The molecule has 0 unspecified atom stereocenters. The highest BCUT2D eigenvalue weighted by Gasteiger charge is 2.36. The average Bonchev–Trinajstić information content (AvgIpc) is 3.57. The molecule has 3 amide bonds. The van der Waals surface area contributed by atoms with Crippen molar-refractivity contribution in [3.63, 3.8) is 0 Å². The van der Waals surface area contributed by atoms with Gasteiger partial charge in [0.25, 0.3) is 11.8 Å². The first-order valence-corrected chi connectivity index (χ1v) is 12.4. The molecule has 1 aliphatic rings. The molecule has 178 valence electrons. The topological polar surface area (TPSA) is 91.7 Å². The normalized spacial score (nSPS) is 14.9. The number of rotatable bonds is 8. The van der Waals surface area contributed by atoms with Crippen molar-refractivity contribution in [2.45, 2.75) is 51.1 Å². The molecule has 0 saturated heterocycles. The van der Waals surface area contributed by atoms with Gasteiger partial charge in [0.05, 0.1) is 17.7 Å². The Morgan fingerprint density at radius 2 is 1.82 bits per heavy atom. The SMILES string of the molecule is Cc1ccc(N(C(=O)CNC(=O)c2cccs2)[C@H](C(=O)NC2CCCCC2)c2ccco2)cc1. The molecule has 34 heavy (non-hydrogen) atoms. The van der Waals surface area contributed by atoms with E-state index in [2.05, 4.69) is 10.6 Å². The van der Waals surface area contributed by atoms with Gasteiger partial charge in [0.1, 0.15) is 5.76 Å². The van der Waals surface area contributed by atoms with E-state index in [-0.39, 0.29) is 24.4 Å². The van der Waals surface area contributed by atoms with Crippen LogP contribution >= 0.6 is 11.3 Å². The smallest absolute Gasteiger partial charge is 0.261 e. The number of nitrogens with zero attached hydrogens (tertiary/aromatic N) is 1. The largest absolute Gasteiger partial charge is 0.467 e. The van der Waals surface area contributed by atoms with E-state index in [1.54, 1.807) is 41.8 Å². The summed E-state index contributed by atoms with van der Waals surface area (Å²) in [6.07, 6.45) is 6.66. The van der Waals surface area contributed by atoms with Crippen LogP contribution in [0.5, 0.6) is 0 Å². The molecule has 0 radical (unpaired) electrons. The van der Waals surface area contributed by atoms with Gasteiger partial charge in [-0.25, -0.2) is 0 Å². The molecule has 0 spiro atoms. The van der Waals surface area contributed by atoms with E-state index < -0.39 is 11.9 Å². The molecular formula is C26H29N3O4S. The summed E-state index contributed by atoms with van der Waals surface area (Å²) in [6.45, 7) is 1.70. The Bertz CT molecular complexity index is 1090. The van der Waals surface area contributed by atoms with Crippen LogP contribution in [0.4, 0.5) is 5.69 Å². The molecule has 0 bridgehead atoms. The third-order valence-electron chi connectivity index (χ3n) is 6.00. The molecule has 1 aromatic carbocycles. The highest BCUT2D eigenvalue weighted by Crippen LogP contribution is 2.29. The molecule has 8 heteroatoms. The van der Waals surface area contributed by atoms with E-state index in [9.17, 15) is 14.4 Å². The van der Waals surface area contributed by atoms with Crippen molar-refractivity contribution in [2.24, 2.45) is 0 Å². The lowest BCUT2D eigenvalue weighted by Crippen LogP contribution is -2.49. The van der Waals surface area contributed by atoms with Gasteiger partial charge in [-0.3, -0.25) is 19.3 Å². The first kappa shape index (κ1) is 23.8. The Hall–Kier alpha value is -3.39. The zero-order chi connectivity index (χ0) is 23.9. The van der Waals surface area contributed by atoms with Crippen LogP contribution in [-0.2, 0) is 9.59 Å². The zero-order valence-electron chi connectivity index (χ0n) is 19.2. The molecule has 4 rings (SSSR count). The molecule has 1 saturated carbocycles. The molecule has 0 aliphatic heterocycles. The summed E-state index contributed by atoms with van der Waals surface area (Å²) >= 11 is 1.30. The lowest BCUT2D eigenvalue weighted by atomic mass is 9.95. The van der Waals surface area contributed by atoms with Crippen molar-refractivity contribution in [1.29, 1.82) is 0 Å². The summed E-state index contributed by atoms with van der Waals surface area (Å²) in [6, 6.07) is 13.3. The summed E-state index contributed by atoms with van der Waals surface area (Å²) in [7, 11) is 0. The minimum atomic E-state index is -0.995. The number of amides is 3. The molecule has 7 nitrogen and oxygen atoms in total. The highest BCUT2D eigenvalue weighted by molar-refractivity contribution is 7.12. The number of hydrogen-bond acceptors (Lipinski definition) is 5. The second kappa shape index (κ2) is 11.2. The molecule has 2 heterocycles. The van der Waals surface area contributed by atoms with Crippen molar-refractivity contribution in [3.8, 4) is 0 Å². The van der Waals surface area contributed by atoms with E-state index in [0.29, 0.717) is 16.3 Å². The van der Waals surface area contributed by atoms with Gasteiger partial charge in [-0.15, -0.1) is 11.3 Å². The summed E-state index contributed by atoms with van der Waals surface area (Å²) in [4.78, 5) is 41.5. The average molecular weight is 480 g/mol. The Balaban J connectivity index is 1.62. The van der Waals surface area contributed by atoms with Crippen molar-refractivity contribution in [3.05, 3.63) is 76.4 Å². The molecular weight excluding hydrogens is 450 g/mol. The fourth-order valence-electron chi connectivity index (χ4n) is 4.23. The van der Waals surface area contributed by atoms with Gasteiger partial charge in [0, 0.05) is 11.7 Å². The molecule has 1 atom stereocenters. The first-order valence-electron chi connectivity index (χ1n) is 11.6. The zero-order valence-corrected chi connectivity index (χ0v) is 20.0. The van der Waals surface area contributed by atoms with Crippen LogP contribution in [0.2, 0.25) is 0 Å². The van der Waals surface area contributed by atoms with Gasteiger partial charge in [-0.1, -0.05) is 43.0 Å². The first-order chi connectivity index (χ1) is 16.5. The van der Waals surface area contributed by atoms with Crippen LogP contribution in [0.3, 0.4) is 0 Å². The summed E-state index contributed by atoms with van der Waals surface area (Å²) in [5.41, 5.74) is 1.59.